The number of hydrogen-bond donors (Lipinski definition) is 1. The highest BCUT2D eigenvalue weighted by Crippen LogP contribution is 2.28. The third-order valence-electron chi connectivity index (χ3n) is 6.99. The maximum Gasteiger partial charge on any atom is 0.573 e. The van der Waals surface area contributed by atoms with Crippen molar-refractivity contribution in [2.75, 3.05) is 6.54 Å². The molecular weight excluding hydrogens is 608 g/mol. The van der Waals surface area contributed by atoms with Crippen molar-refractivity contribution in [2.24, 2.45) is 4.99 Å². The molecule has 13 heteroatoms. The van der Waals surface area contributed by atoms with Gasteiger partial charge in [0.15, 0.2) is 10.6 Å². The zero-order valence-electron chi connectivity index (χ0n) is 24.8. The molecule has 0 spiro atoms. The number of alkyl halides is 4. The topological polar surface area (TPSA) is 86.3 Å². The van der Waals surface area contributed by atoms with Crippen molar-refractivity contribution in [3.05, 3.63) is 106 Å². The van der Waals surface area contributed by atoms with E-state index in [-0.39, 0.29) is 18.2 Å². The van der Waals surface area contributed by atoms with Crippen molar-refractivity contribution in [2.45, 2.75) is 46.1 Å². The molecule has 234 valence electrons. The third-order valence-corrected chi connectivity index (χ3v) is 7.93. The predicted octanol–water partition coefficient (Wildman–Crippen LogP) is 7.75. The number of thiazole rings is 1. The molecule has 0 aliphatic carbocycles. The van der Waals surface area contributed by atoms with Gasteiger partial charge in [0.2, 0.25) is 0 Å². The molecule has 0 radical (unpaired) electrons. The van der Waals surface area contributed by atoms with E-state index < -0.39 is 18.6 Å². The number of rotatable bonds is 8. The Balaban J connectivity index is 1.23. The Morgan fingerprint density at radius 3 is 2.42 bits per heavy atom. The largest absolute Gasteiger partial charge is 0.573 e. The van der Waals surface area contributed by atoms with Gasteiger partial charge in [0.05, 0.1) is 17.9 Å². The minimum Gasteiger partial charge on any atom is -0.406 e. The highest BCUT2D eigenvalue weighted by molar-refractivity contribution is 7.07. The minimum atomic E-state index is -4.78. The standard InChI is InChI=1S/C32H30F4N6O2S/c1-19(2)28-20(3)6-5-7-27(28)42-21(4)17-45-31(42)39-30(43)37-16-26(33)22-8-10-23(11-9-22)29-38-18-41(40-29)24-12-14-25(15-13-24)44-32(34,35)36/h5-15,17-19,26H,16H2,1-4H3,(H,37,43). The molecule has 3 aromatic carbocycles. The summed E-state index contributed by atoms with van der Waals surface area (Å²) in [5.74, 6) is 0.261. The summed E-state index contributed by atoms with van der Waals surface area (Å²) in [7, 11) is 0. The second kappa shape index (κ2) is 13.1. The number of benzene rings is 3. The fourth-order valence-electron chi connectivity index (χ4n) is 4.96. The summed E-state index contributed by atoms with van der Waals surface area (Å²) in [5.41, 5.74) is 5.66. The average Bonchev–Trinajstić information content (AvgIpc) is 3.62. The molecule has 0 aliphatic rings. The first-order chi connectivity index (χ1) is 21.4. The number of aromatic nitrogens is 4. The molecule has 45 heavy (non-hydrogen) atoms. The van der Waals surface area contributed by atoms with Crippen LogP contribution in [0.2, 0.25) is 0 Å². The highest BCUT2D eigenvalue weighted by atomic mass is 32.1. The zero-order chi connectivity index (χ0) is 32.3. The molecule has 8 nitrogen and oxygen atoms in total. The summed E-state index contributed by atoms with van der Waals surface area (Å²) in [4.78, 5) is 21.7. The molecule has 0 bridgehead atoms. The lowest BCUT2D eigenvalue weighted by atomic mass is 9.96. The highest BCUT2D eigenvalue weighted by Gasteiger charge is 2.31. The maximum absolute atomic E-state index is 15.1. The molecule has 0 saturated heterocycles. The Bertz CT molecular complexity index is 1860. The van der Waals surface area contributed by atoms with Gasteiger partial charge in [0, 0.05) is 16.6 Å². The van der Waals surface area contributed by atoms with Crippen molar-refractivity contribution >= 4 is 17.4 Å². The van der Waals surface area contributed by atoms with Crippen LogP contribution in [0.3, 0.4) is 0 Å². The molecule has 2 heterocycles. The van der Waals surface area contributed by atoms with E-state index in [1.54, 1.807) is 24.3 Å². The van der Waals surface area contributed by atoms with Crippen molar-refractivity contribution in [1.29, 1.82) is 0 Å². The van der Waals surface area contributed by atoms with Gasteiger partial charge < -0.3 is 10.1 Å². The van der Waals surface area contributed by atoms with Gasteiger partial charge in [0.1, 0.15) is 18.2 Å². The van der Waals surface area contributed by atoms with Crippen LogP contribution in [-0.2, 0) is 0 Å². The van der Waals surface area contributed by atoms with Crippen LogP contribution in [-0.4, -0.2) is 38.3 Å². The average molecular weight is 639 g/mol. The van der Waals surface area contributed by atoms with Crippen LogP contribution in [0.15, 0.2) is 83.4 Å². The molecule has 5 rings (SSSR count). The first kappa shape index (κ1) is 31.6. The summed E-state index contributed by atoms with van der Waals surface area (Å²) < 4.78 is 59.5. The fraction of sp³-hybridized carbons (Fsp3) is 0.250. The molecule has 1 atom stereocenters. The SMILES string of the molecule is Cc1cccc(-n2c(C)csc2=NC(=O)NCC(F)c2ccc(-c3ncn(-c4ccc(OC(F)(F)F)cc4)n3)cc2)c1C(C)C. The summed E-state index contributed by atoms with van der Waals surface area (Å²) in [6.07, 6.45) is -4.84. The Labute approximate surface area is 260 Å². The summed E-state index contributed by atoms with van der Waals surface area (Å²) in [6.45, 7) is 7.99. The van der Waals surface area contributed by atoms with Crippen molar-refractivity contribution in [3.8, 4) is 28.5 Å². The Morgan fingerprint density at radius 2 is 1.76 bits per heavy atom. The van der Waals surface area contributed by atoms with E-state index in [9.17, 15) is 18.0 Å². The van der Waals surface area contributed by atoms with Gasteiger partial charge in [-0.25, -0.2) is 18.9 Å². The molecule has 2 aromatic heterocycles. The molecule has 5 aromatic rings. The van der Waals surface area contributed by atoms with Gasteiger partial charge >= 0.3 is 12.4 Å². The Morgan fingerprint density at radius 1 is 1.04 bits per heavy atom. The van der Waals surface area contributed by atoms with Gasteiger partial charge in [-0.1, -0.05) is 50.2 Å². The minimum absolute atomic E-state index is 0.266. The van der Waals surface area contributed by atoms with Gasteiger partial charge in [-0.3, -0.25) is 4.57 Å². The predicted molar refractivity (Wildman–Crippen MR) is 163 cm³/mol. The lowest BCUT2D eigenvalue weighted by molar-refractivity contribution is -0.274. The number of carbonyl (C=O) groups is 1. The van der Waals surface area contributed by atoms with Crippen LogP contribution in [0.5, 0.6) is 5.75 Å². The quantitative estimate of drug-likeness (QED) is 0.176. The molecule has 0 saturated carbocycles. The van der Waals surface area contributed by atoms with Crippen molar-refractivity contribution in [1.82, 2.24) is 24.6 Å². The molecule has 1 N–H and O–H groups in total. The van der Waals surface area contributed by atoms with E-state index in [1.165, 1.54) is 52.2 Å². The van der Waals surface area contributed by atoms with Crippen molar-refractivity contribution < 1.29 is 27.1 Å². The number of nitrogens with zero attached hydrogens (tertiary/aromatic N) is 5. The van der Waals surface area contributed by atoms with Crippen molar-refractivity contribution in [3.63, 3.8) is 0 Å². The number of amides is 2. The van der Waals surface area contributed by atoms with Gasteiger partial charge in [0.25, 0.3) is 0 Å². The maximum atomic E-state index is 15.1. The summed E-state index contributed by atoms with van der Waals surface area (Å²) in [5, 5.41) is 8.85. The van der Waals surface area contributed by atoms with E-state index in [0.717, 1.165) is 16.9 Å². The third kappa shape index (κ3) is 7.48. The van der Waals surface area contributed by atoms with Gasteiger partial charge in [-0.2, -0.15) is 4.99 Å². The van der Waals surface area contributed by atoms with Gasteiger partial charge in [-0.05, 0) is 66.8 Å². The smallest absolute Gasteiger partial charge is 0.406 e. The molecule has 0 aliphatic heterocycles. The monoisotopic (exact) mass is 638 g/mol. The number of carbonyl (C=O) groups excluding carboxylic acids is 1. The van der Waals surface area contributed by atoms with E-state index in [1.807, 2.05) is 29.0 Å². The Hall–Kier alpha value is -4.78. The zero-order valence-corrected chi connectivity index (χ0v) is 25.7. The van der Waals surface area contributed by atoms with Crippen LogP contribution in [0.25, 0.3) is 22.8 Å². The normalized spacial score (nSPS) is 12.9. The number of hydrogen-bond acceptors (Lipinski definition) is 5. The number of nitrogens with one attached hydrogen (secondary N) is 1. The number of urea groups is 1. The molecular formula is C32H30F4N6O2S. The second-order valence-electron chi connectivity index (χ2n) is 10.6. The molecule has 2 amide bonds. The Kier molecular flexibility index (Phi) is 9.19. The van der Waals surface area contributed by atoms with Crippen LogP contribution in [0.4, 0.5) is 22.4 Å². The lowest BCUT2D eigenvalue weighted by Crippen LogP contribution is -2.27. The van der Waals surface area contributed by atoms with E-state index in [2.05, 4.69) is 52.0 Å². The fourth-order valence-corrected chi connectivity index (χ4v) is 5.82. The first-order valence-corrected chi connectivity index (χ1v) is 14.9. The first-order valence-electron chi connectivity index (χ1n) is 14.0. The summed E-state index contributed by atoms with van der Waals surface area (Å²) in [6, 6.07) is 17.1. The number of aryl methyl sites for hydroxylation is 2. The number of ether oxygens (including phenoxy) is 1. The van der Waals surface area contributed by atoms with Crippen LogP contribution >= 0.6 is 11.3 Å². The van der Waals surface area contributed by atoms with Crippen LogP contribution in [0.1, 0.15) is 48.3 Å². The lowest BCUT2D eigenvalue weighted by Gasteiger charge is -2.17. The second-order valence-corrected chi connectivity index (χ2v) is 11.4. The van der Waals surface area contributed by atoms with E-state index >= 15 is 4.39 Å². The summed E-state index contributed by atoms with van der Waals surface area (Å²) >= 11 is 1.34. The van der Waals surface area contributed by atoms with E-state index in [0.29, 0.717) is 27.4 Å². The van der Waals surface area contributed by atoms with Gasteiger partial charge in [-0.15, -0.1) is 29.6 Å². The molecule has 0 fully saturated rings. The number of halogens is 4. The van der Waals surface area contributed by atoms with Crippen LogP contribution < -0.4 is 14.9 Å². The van der Waals surface area contributed by atoms with Crippen LogP contribution in [0, 0.1) is 13.8 Å². The van der Waals surface area contributed by atoms with E-state index in [4.69, 9.17) is 0 Å². The molecule has 1 unspecified atom stereocenters.